The summed E-state index contributed by atoms with van der Waals surface area (Å²) in [6, 6.07) is 8.08. The number of hydrogen-bond donors (Lipinski definition) is 1. The van der Waals surface area contributed by atoms with Gasteiger partial charge in [0, 0.05) is 11.6 Å². The van der Waals surface area contributed by atoms with Gasteiger partial charge < -0.3 is 5.32 Å². The van der Waals surface area contributed by atoms with Crippen LogP contribution in [-0.2, 0) is 6.54 Å². The minimum Gasteiger partial charge on any atom is -0.312 e. The Kier molecular flexibility index (Phi) is 5.01. The Balaban J connectivity index is 1.71. The largest absolute Gasteiger partial charge is 0.312 e. The maximum Gasteiger partial charge on any atom is 0.0409 e. The van der Waals surface area contributed by atoms with Crippen LogP contribution in [0, 0.1) is 5.92 Å². The maximum absolute atomic E-state index is 5.94. The zero-order chi connectivity index (χ0) is 11.2. The van der Waals surface area contributed by atoms with Crippen LogP contribution in [-0.4, -0.2) is 18.1 Å². The van der Waals surface area contributed by atoms with Crippen molar-refractivity contribution in [2.45, 2.75) is 19.4 Å². The predicted octanol–water partition coefficient (Wildman–Crippen LogP) is 3.57. The van der Waals surface area contributed by atoms with Crippen molar-refractivity contribution in [3.63, 3.8) is 0 Å². The van der Waals surface area contributed by atoms with Gasteiger partial charge >= 0.3 is 0 Å². The molecule has 0 spiro atoms. The Hall–Kier alpha value is -0.180. The molecule has 2 rings (SSSR count). The maximum atomic E-state index is 5.94. The highest BCUT2D eigenvalue weighted by Gasteiger charge is 2.12. The molecular weight excluding hydrogens is 238 g/mol. The van der Waals surface area contributed by atoms with Gasteiger partial charge in [-0.05, 0) is 54.5 Å². The van der Waals surface area contributed by atoms with Crippen LogP contribution in [0.25, 0.3) is 0 Å². The fourth-order valence-electron chi connectivity index (χ4n) is 2.02. The summed E-state index contributed by atoms with van der Waals surface area (Å²) in [7, 11) is 0. The second-order valence-corrected chi connectivity index (χ2v) is 5.98. The van der Waals surface area contributed by atoms with E-state index in [1.807, 2.05) is 18.2 Å². The summed E-state index contributed by atoms with van der Waals surface area (Å²) in [6.45, 7) is 2.08. The van der Waals surface area contributed by atoms with E-state index in [1.165, 1.54) is 29.9 Å². The van der Waals surface area contributed by atoms with Crippen LogP contribution in [0.1, 0.15) is 18.4 Å². The van der Waals surface area contributed by atoms with Gasteiger partial charge in [0.05, 0.1) is 0 Å². The van der Waals surface area contributed by atoms with Crippen LogP contribution in [0.15, 0.2) is 24.3 Å². The number of thioether (sulfide) groups is 1. The van der Waals surface area contributed by atoms with Gasteiger partial charge in [0.15, 0.2) is 0 Å². The quantitative estimate of drug-likeness (QED) is 0.883. The van der Waals surface area contributed by atoms with Crippen molar-refractivity contribution in [3.05, 3.63) is 34.9 Å². The van der Waals surface area contributed by atoms with E-state index in [0.29, 0.717) is 0 Å². The summed E-state index contributed by atoms with van der Waals surface area (Å²) >= 11 is 8.03. The van der Waals surface area contributed by atoms with Gasteiger partial charge in [-0.2, -0.15) is 11.8 Å². The molecule has 1 nitrogen and oxygen atoms in total. The second-order valence-electron chi connectivity index (χ2n) is 4.32. The first kappa shape index (κ1) is 12.3. The van der Waals surface area contributed by atoms with Crippen molar-refractivity contribution in [1.82, 2.24) is 5.32 Å². The molecule has 0 aliphatic carbocycles. The molecule has 3 heteroatoms. The molecule has 0 bridgehead atoms. The first-order valence-corrected chi connectivity index (χ1v) is 7.41. The summed E-state index contributed by atoms with van der Waals surface area (Å²) in [4.78, 5) is 0. The standard InChI is InChI=1S/C13H18ClNS/c14-13-3-1-2-12(8-13)10-15-9-11-4-6-16-7-5-11/h1-3,8,11,15H,4-7,9-10H2. The molecule has 1 aromatic carbocycles. The van der Waals surface area contributed by atoms with E-state index < -0.39 is 0 Å². The molecule has 1 aromatic rings. The first-order valence-electron chi connectivity index (χ1n) is 5.87. The molecule has 1 aliphatic heterocycles. The van der Waals surface area contributed by atoms with Crippen LogP contribution >= 0.6 is 23.4 Å². The molecular formula is C13H18ClNS. The van der Waals surface area contributed by atoms with Crippen LogP contribution in [0.3, 0.4) is 0 Å². The fourth-order valence-corrected chi connectivity index (χ4v) is 3.44. The fraction of sp³-hybridized carbons (Fsp3) is 0.538. The van der Waals surface area contributed by atoms with Gasteiger partial charge in [0.1, 0.15) is 0 Å². The minimum atomic E-state index is 0.827. The summed E-state index contributed by atoms with van der Waals surface area (Å²) in [5.41, 5.74) is 1.28. The van der Waals surface area contributed by atoms with Gasteiger partial charge in [-0.15, -0.1) is 0 Å². The number of hydrogen-bond acceptors (Lipinski definition) is 2. The Morgan fingerprint density at radius 1 is 1.31 bits per heavy atom. The topological polar surface area (TPSA) is 12.0 Å². The van der Waals surface area contributed by atoms with Crippen molar-refractivity contribution < 1.29 is 0 Å². The molecule has 0 amide bonds. The Morgan fingerprint density at radius 3 is 2.88 bits per heavy atom. The molecule has 0 saturated carbocycles. The number of benzene rings is 1. The molecule has 1 heterocycles. The molecule has 0 atom stereocenters. The minimum absolute atomic E-state index is 0.827. The van der Waals surface area contributed by atoms with E-state index in [4.69, 9.17) is 11.6 Å². The van der Waals surface area contributed by atoms with Crippen LogP contribution < -0.4 is 5.32 Å². The number of rotatable bonds is 4. The number of halogens is 1. The van der Waals surface area contributed by atoms with Gasteiger partial charge in [0.2, 0.25) is 0 Å². The lowest BCUT2D eigenvalue weighted by Gasteiger charge is -2.21. The Morgan fingerprint density at radius 2 is 2.12 bits per heavy atom. The average molecular weight is 256 g/mol. The van der Waals surface area contributed by atoms with Crippen LogP contribution in [0.5, 0.6) is 0 Å². The highest BCUT2D eigenvalue weighted by Crippen LogP contribution is 2.22. The average Bonchev–Trinajstić information content (AvgIpc) is 2.30. The van der Waals surface area contributed by atoms with Crippen LogP contribution in [0.4, 0.5) is 0 Å². The molecule has 88 valence electrons. The van der Waals surface area contributed by atoms with Gasteiger partial charge in [-0.1, -0.05) is 23.7 Å². The van der Waals surface area contributed by atoms with Crippen molar-refractivity contribution in [3.8, 4) is 0 Å². The smallest absolute Gasteiger partial charge is 0.0409 e. The van der Waals surface area contributed by atoms with E-state index in [9.17, 15) is 0 Å². The summed E-state index contributed by atoms with van der Waals surface area (Å²) < 4.78 is 0. The number of nitrogens with one attached hydrogen (secondary N) is 1. The molecule has 1 N–H and O–H groups in total. The normalized spacial score (nSPS) is 17.6. The van der Waals surface area contributed by atoms with Gasteiger partial charge in [-0.3, -0.25) is 0 Å². The van der Waals surface area contributed by atoms with E-state index in [-0.39, 0.29) is 0 Å². The predicted molar refractivity (Wildman–Crippen MR) is 73.2 cm³/mol. The molecule has 1 saturated heterocycles. The van der Waals surface area contributed by atoms with Crippen molar-refractivity contribution in [2.75, 3.05) is 18.1 Å². The molecule has 0 unspecified atom stereocenters. The molecule has 0 aromatic heterocycles. The third-order valence-corrected chi connectivity index (χ3v) is 4.28. The third kappa shape index (κ3) is 4.00. The van der Waals surface area contributed by atoms with E-state index in [0.717, 1.165) is 24.0 Å². The molecule has 0 radical (unpaired) electrons. The zero-order valence-corrected chi connectivity index (χ0v) is 11.0. The highest BCUT2D eigenvalue weighted by atomic mass is 35.5. The molecule has 1 aliphatic rings. The molecule has 16 heavy (non-hydrogen) atoms. The lowest BCUT2D eigenvalue weighted by molar-refractivity contribution is 0.448. The lowest BCUT2D eigenvalue weighted by Crippen LogP contribution is -2.25. The van der Waals surface area contributed by atoms with E-state index in [2.05, 4.69) is 23.1 Å². The third-order valence-electron chi connectivity index (χ3n) is 2.99. The highest BCUT2D eigenvalue weighted by molar-refractivity contribution is 7.99. The summed E-state index contributed by atoms with van der Waals surface area (Å²) in [6.07, 6.45) is 2.74. The first-order chi connectivity index (χ1) is 7.84. The van der Waals surface area contributed by atoms with Crippen molar-refractivity contribution in [1.29, 1.82) is 0 Å². The van der Waals surface area contributed by atoms with E-state index >= 15 is 0 Å². The van der Waals surface area contributed by atoms with Gasteiger partial charge in [0.25, 0.3) is 0 Å². The lowest BCUT2D eigenvalue weighted by atomic mass is 10.0. The van der Waals surface area contributed by atoms with Crippen molar-refractivity contribution >= 4 is 23.4 Å². The SMILES string of the molecule is Clc1cccc(CNCC2CCSCC2)c1. The van der Waals surface area contributed by atoms with Crippen LogP contribution in [0.2, 0.25) is 5.02 Å². The van der Waals surface area contributed by atoms with Gasteiger partial charge in [-0.25, -0.2) is 0 Å². The monoisotopic (exact) mass is 255 g/mol. The summed E-state index contributed by atoms with van der Waals surface area (Å²) in [5.74, 6) is 3.55. The van der Waals surface area contributed by atoms with E-state index in [1.54, 1.807) is 0 Å². The van der Waals surface area contributed by atoms with Crippen molar-refractivity contribution in [2.24, 2.45) is 5.92 Å². The Bertz CT molecular complexity index is 323. The zero-order valence-electron chi connectivity index (χ0n) is 9.42. The summed E-state index contributed by atoms with van der Waals surface area (Å²) in [5, 5.41) is 4.36. The molecule has 1 fully saturated rings. The Labute approximate surface area is 107 Å². The second kappa shape index (κ2) is 6.53.